The van der Waals surface area contributed by atoms with Gasteiger partial charge in [0.05, 0.1) is 17.1 Å². The van der Waals surface area contributed by atoms with Crippen molar-refractivity contribution >= 4 is 0 Å². The van der Waals surface area contributed by atoms with Crippen LogP contribution in [-0.4, -0.2) is 10.7 Å². The highest BCUT2D eigenvalue weighted by Gasteiger charge is 2.49. The third-order valence-electron chi connectivity index (χ3n) is 5.05. The van der Waals surface area contributed by atoms with Gasteiger partial charge in [-0.15, -0.1) is 0 Å². The summed E-state index contributed by atoms with van der Waals surface area (Å²) in [5, 5.41) is 20.2. The average molecular weight is 251 g/mol. The summed E-state index contributed by atoms with van der Waals surface area (Å²) in [4.78, 5) is 0. The van der Waals surface area contributed by atoms with Crippen LogP contribution in [0, 0.1) is 28.1 Å². The summed E-state index contributed by atoms with van der Waals surface area (Å²) in [6.07, 6.45) is 5.48. The molecule has 0 aliphatic heterocycles. The predicted molar refractivity (Wildman–Crippen MR) is 75.0 cm³/mol. The van der Waals surface area contributed by atoms with Crippen molar-refractivity contribution in [2.24, 2.45) is 16.7 Å². The summed E-state index contributed by atoms with van der Waals surface area (Å²) in [7, 11) is 0. The van der Waals surface area contributed by atoms with E-state index in [1.54, 1.807) is 0 Å². The molecule has 1 fully saturated rings. The van der Waals surface area contributed by atoms with Crippen molar-refractivity contribution in [1.29, 1.82) is 5.26 Å². The molecule has 0 radical (unpaired) electrons. The Morgan fingerprint density at radius 2 is 1.72 bits per heavy atom. The molecule has 0 aromatic rings. The summed E-state index contributed by atoms with van der Waals surface area (Å²) in [6, 6.07) is 2.46. The second-order valence-corrected chi connectivity index (χ2v) is 7.36. The number of hydrogen-bond acceptors (Lipinski definition) is 2. The van der Waals surface area contributed by atoms with Gasteiger partial charge in [-0.2, -0.15) is 5.26 Å². The maximum absolute atomic E-state index is 10.7. The Labute approximate surface area is 112 Å². The zero-order valence-electron chi connectivity index (χ0n) is 12.7. The molecule has 1 N–H and O–H groups in total. The van der Waals surface area contributed by atoms with E-state index in [0.29, 0.717) is 11.3 Å². The summed E-state index contributed by atoms with van der Waals surface area (Å²) in [5.74, 6) is 0.677. The summed E-state index contributed by atoms with van der Waals surface area (Å²) >= 11 is 0. The third-order valence-corrected chi connectivity index (χ3v) is 5.05. The van der Waals surface area contributed by atoms with Crippen molar-refractivity contribution in [3.05, 3.63) is 0 Å². The molecule has 1 rings (SSSR count). The van der Waals surface area contributed by atoms with E-state index in [0.717, 1.165) is 38.5 Å². The van der Waals surface area contributed by atoms with Crippen LogP contribution in [0.15, 0.2) is 0 Å². The summed E-state index contributed by atoms with van der Waals surface area (Å²) < 4.78 is 0. The Morgan fingerprint density at radius 1 is 1.22 bits per heavy atom. The van der Waals surface area contributed by atoms with Gasteiger partial charge in [0.1, 0.15) is 0 Å². The van der Waals surface area contributed by atoms with Gasteiger partial charge in [-0.05, 0) is 50.4 Å². The second-order valence-electron chi connectivity index (χ2n) is 7.36. The molecule has 2 heteroatoms. The highest BCUT2D eigenvalue weighted by atomic mass is 16.3. The minimum atomic E-state index is -0.834. The number of nitrogens with zero attached hydrogens (tertiary/aromatic N) is 1. The summed E-state index contributed by atoms with van der Waals surface area (Å²) in [5.41, 5.74) is -1.04. The van der Waals surface area contributed by atoms with E-state index >= 15 is 0 Å². The number of rotatable bonds is 3. The maximum Gasteiger partial charge on any atom is 0.0857 e. The van der Waals surface area contributed by atoms with E-state index in [-0.39, 0.29) is 0 Å². The zero-order valence-corrected chi connectivity index (χ0v) is 12.7. The molecule has 0 spiro atoms. The van der Waals surface area contributed by atoms with Crippen LogP contribution in [0.25, 0.3) is 0 Å². The van der Waals surface area contributed by atoms with Gasteiger partial charge in [-0.1, -0.05) is 34.1 Å². The number of hydrogen-bond donors (Lipinski definition) is 1. The minimum absolute atomic E-state index is 0.318. The Morgan fingerprint density at radius 3 is 2.06 bits per heavy atom. The van der Waals surface area contributed by atoms with Crippen molar-refractivity contribution in [3.8, 4) is 6.07 Å². The molecule has 0 saturated heterocycles. The lowest BCUT2D eigenvalue weighted by Crippen LogP contribution is -2.48. The first-order chi connectivity index (χ1) is 8.18. The lowest BCUT2D eigenvalue weighted by molar-refractivity contribution is -0.0764. The fourth-order valence-electron chi connectivity index (χ4n) is 3.47. The van der Waals surface area contributed by atoms with Gasteiger partial charge in [0.2, 0.25) is 0 Å². The van der Waals surface area contributed by atoms with Crippen molar-refractivity contribution < 1.29 is 5.11 Å². The maximum atomic E-state index is 10.7. The van der Waals surface area contributed by atoms with Gasteiger partial charge >= 0.3 is 0 Å². The summed E-state index contributed by atoms with van der Waals surface area (Å²) in [6.45, 7) is 10.8. The lowest BCUT2D eigenvalue weighted by Gasteiger charge is -2.47. The monoisotopic (exact) mass is 251 g/mol. The van der Waals surface area contributed by atoms with Crippen molar-refractivity contribution in [3.63, 3.8) is 0 Å². The van der Waals surface area contributed by atoms with E-state index < -0.39 is 11.0 Å². The van der Waals surface area contributed by atoms with E-state index in [1.165, 1.54) is 0 Å². The van der Waals surface area contributed by atoms with E-state index in [2.05, 4.69) is 33.8 Å². The Bertz CT molecular complexity index is 311. The Kier molecular flexibility index (Phi) is 4.49. The zero-order chi connectivity index (χ0) is 14.0. The van der Waals surface area contributed by atoms with Crippen LogP contribution in [0.1, 0.15) is 73.1 Å². The Hall–Kier alpha value is -0.550. The highest BCUT2D eigenvalue weighted by molar-refractivity contribution is 5.11. The number of aliphatic hydroxyl groups is 1. The van der Waals surface area contributed by atoms with Crippen LogP contribution in [-0.2, 0) is 0 Å². The van der Waals surface area contributed by atoms with Gasteiger partial charge < -0.3 is 5.11 Å². The van der Waals surface area contributed by atoms with Crippen LogP contribution >= 0.6 is 0 Å². The van der Waals surface area contributed by atoms with E-state index in [4.69, 9.17) is 0 Å². The first-order valence-electron chi connectivity index (χ1n) is 7.32. The molecule has 0 aromatic carbocycles. The van der Waals surface area contributed by atoms with Crippen molar-refractivity contribution in [2.75, 3.05) is 0 Å². The van der Waals surface area contributed by atoms with Crippen molar-refractivity contribution in [1.82, 2.24) is 0 Å². The lowest BCUT2D eigenvalue weighted by atomic mass is 9.58. The van der Waals surface area contributed by atoms with Gasteiger partial charge in [0, 0.05) is 0 Å². The molecular formula is C16H29NO. The van der Waals surface area contributed by atoms with Crippen LogP contribution in [0.5, 0.6) is 0 Å². The molecule has 0 amide bonds. The fraction of sp³-hybridized carbons (Fsp3) is 0.938. The standard InChI is InChI=1S/C16H29NO/c1-6-9-15(5,18)16(12-17)10-7-13(8-11-16)14(2,3)4/h13,18H,6-11H2,1-5H3. The molecule has 18 heavy (non-hydrogen) atoms. The van der Waals surface area contributed by atoms with Crippen LogP contribution in [0.2, 0.25) is 0 Å². The Balaban J connectivity index is 2.82. The van der Waals surface area contributed by atoms with Crippen LogP contribution < -0.4 is 0 Å². The molecular weight excluding hydrogens is 222 g/mol. The predicted octanol–water partition coefficient (Wildman–Crippen LogP) is 4.28. The van der Waals surface area contributed by atoms with Gasteiger partial charge in [0.25, 0.3) is 0 Å². The number of nitriles is 1. The third kappa shape index (κ3) is 2.88. The average Bonchev–Trinajstić information content (AvgIpc) is 2.27. The molecule has 2 nitrogen and oxygen atoms in total. The molecule has 1 aliphatic rings. The molecule has 0 bridgehead atoms. The molecule has 1 saturated carbocycles. The van der Waals surface area contributed by atoms with Gasteiger partial charge in [0.15, 0.2) is 0 Å². The van der Waals surface area contributed by atoms with Gasteiger partial charge in [-0.3, -0.25) is 0 Å². The van der Waals surface area contributed by atoms with E-state index in [1.807, 2.05) is 6.92 Å². The largest absolute Gasteiger partial charge is 0.389 e. The molecule has 1 unspecified atom stereocenters. The topological polar surface area (TPSA) is 44.0 Å². The van der Waals surface area contributed by atoms with Crippen LogP contribution in [0.4, 0.5) is 0 Å². The quantitative estimate of drug-likeness (QED) is 0.813. The molecule has 0 heterocycles. The molecule has 104 valence electrons. The minimum Gasteiger partial charge on any atom is -0.389 e. The van der Waals surface area contributed by atoms with E-state index in [9.17, 15) is 10.4 Å². The van der Waals surface area contributed by atoms with Crippen LogP contribution in [0.3, 0.4) is 0 Å². The molecule has 1 aliphatic carbocycles. The van der Waals surface area contributed by atoms with Gasteiger partial charge in [-0.25, -0.2) is 0 Å². The SMILES string of the molecule is CCCC(C)(O)C1(C#N)CCC(C(C)(C)C)CC1. The molecule has 0 aromatic heterocycles. The highest BCUT2D eigenvalue weighted by Crippen LogP contribution is 2.51. The van der Waals surface area contributed by atoms with Crippen molar-refractivity contribution in [2.45, 2.75) is 78.7 Å². The second kappa shape index (κ2) is 5.21. The normalized spacial score (nSPS) is 32.6. The smallest absolute Gasteiger partial charge is 0.0857 e. The fourth-order valence-corrected chi connectivity index (χ4v) is 3.47. The first kappa shape index (κ1) is 15.5. The molecule has 1 atom stereocenters. The first-order valence-corrected chi connectivity index (χ1v) is 7.32.